The molecule has 0 unspecified atom stereocenters. The third kappa shape index (κ3) is 6.51. The highest BCUT2D eigenvalue weighted by Gasteiger charge is 2.30. The van der Waals surface area contributed by atoms with Crippen LogP contribution in [0, 0.1) is 0 Å². The van der Waals surface area contributed by atoms with Crippen molar-refractivity contribution in [2.75, 3.05) is 33.7 Å². The number of rotatable bonds is 9. The molecule has 0 radical (unpaired) electrons. The van der Waals surface area contributed by atoms with E-state index in [1.165, 1.54) is 0 Å². The maximum atomic E-state index is 5.99. The van der Waals surface area contributed by atoms with E-state index >= 15 is 0 Å². The Labute approximate surface area is 110 Å². The van der Waals surface area contributed by atoms with Crippen LogP contribution >= 0.6 is 0 Å². The molecule has 0 aliphatic carbocycles. The maximum absolute atomic E-state index is 5.99. The first-order valence-electron chi connectivity index (χ1n) is 6.17. The Kier molecular flexibility index (Phi) is 6.88. The fourth-order valence-electron chi connectivity index (χ4n) is 1.51. The summed E-state index contributed by atoms with van der Waals surface area (Å²) in [5.74, 6) is 0. The van der Waals surface area contributed by atoms with Gasteiger partial charge < -0.3 is 23.4 Å². The number of hydrogen-bond acceptors (Lipinski definition) is 5. The summed E-state index contributed by atoms with van der Waals surface area (Å²) in [5.41, 5.74) is 0. The molecule has 18 heavy (non-hydrogen) atoms. The van der Waals surface area contributed by atoms with Gasteiger partial charge in [0.2, 0.25) is 0 Å². The summed E-state index contributed by atoms with van der Waals surface area (Å²) in [6.07, 6.45) is 3.56. The van der Waals surface area contributed by atoms with E-state index in [9.17, 15) is 0 Å². The van der Waals surface area contributed by atoms with Gasteiger partial charge >= 0.3 is 0 Å². The third-order valence-electron chi connectivity index (χ3n) is 2.26. The zero-order chi connectivity index (χ0) is 13.4. The zero-order valence-electron chi connectivity index (χ0n) is 11.7. The van der Waals surface area contributed by atoms with Crippen molar-refractivity contribution in [2.24, 2.45) is 0 Å². The molecule has 0 aromatic carbocycles. The van der Waals surface area contributed by atoms with Crippen LogP contribution in [0.25, 0.3) is 0 Å². The van der Waals surface area contributed by atoms with Gasteiger partial charge in [0.1, 0.15) is 19.0 Å². The normalized spacial score (nSPS) is 23.3. The molecule has 106 valence electrons. The Morgan fingerprint density at radius 2 is 1.94 bits per heavy atom. The largest absolute Gasteiger partial charge is 0.493 e. The summed E-state index contributed by atoms with van der Waals surface area (Å²) in [4.78, 5) is 0. The smallest absolute Gasteiger partial charge is 0.184 e. The van der Waals surface area contributed by atoms with Gasteiger partial charge in [0, 0.05) is 7.11 Å². The van der Waals surface area contributed by atoms with Crippen LogP contribution in [0.1, 0.15) is 0 Å². The molecule has 0 N–H and O–H groups in total. The van der Waals surface area contributed by atoms with Gasteiger partial charge in [0.25, 0.3) is 0 Å². The zero-order valence-corrected chi connectivity index (χ0v) is 12.7. The molecule has 0 amide bonds. The summed E-state index contributed by atoms with van der Waals surface area (Å²) >= 11 is 0. The van der Waals surface area contributed by atoms with Gasteiger partial charge in [-0.2, -0.15) is 0 Å². The minimum atomic E-state index is -1.56. The molecular weight excluding hydrogens is 252 g/mol. The van der Waals surface area contributed by atoms with E-state index in [1.807, 2.05) is 6.08 Å². The van der Waals surface area contributed by atoms with Crippen LogP contribution in [0.15, 0.2) is 12.3 Å². The highest BCUT2D eigenvalue weighted by molar-refractivity contribution is 6.69. The third-order valence-corrected chi connectivity index (χ3v) is 3.24. The lowest BCUT2D eigenvalue weighted by Crippen LogP contribution is -2.38. The molecule has 1 rings (SSSR count). The fourth-order valence-corrected chi connectivity index (χ4v) is 2.55. The van der Waals surface area contributed by atoms with Crippen LogP contribution < -0.4 is 0 Å². The lowest BCUT2D eigenvalue weighted by molar-refractivity contribution is -0.0955. The van der Waals surface area contributed by atoms with Gasteiger partial charge in [-0.25, -0.2) is 0 Å². The molecule has 6 heteroatoms. The summed E-state index contributed by atoms with van der Waals surface area (Å²) < 4.78 is 26.9. The van der Waals surface area contributed by atoms with E-state index in [0.29, 0.717) is 19.8 Å². The van der Waals surface area contributed by atoms with E-state index in [0.717, 1.165) is 0 Å². The molecule has 2 atom stereocenters. The first kappa shape index (κ1) is 15.7. The average Bonchev–Trinajstić information content (AvgIpc) is 2.68. The molecule has 1 aliphatic heterocycles. The minimum Gasteiger partial charge on any atom is -0.493 e. The van der Waals surface area contributed by atoms with Crippen molar-refractivity contribution in [1.82, 2.24) is 0 Å². The summed E-state index contributed by atoms with van der Waals surface area (Å²) in [7, 11) is 0.0757. The minimum absolute atomic E-state index is 0.00404. The van der Waals surface area contributed by atoms with E-state index in [-0.39, 0.29) is 19.0 Å². The molecule has 0 saturated heterocycles. The topological polar surface area (TPSA) is 46.2 Å². The second-order valence-electron chi connectivity index (χ2n) is 5.09. The predicted molar refractivity (Wildman–Crippen MR) is 70.9 cm³/mol. The molecule has 0 aromatic heterocycles. The van der Waals surface area contributed by atoms with Crippen LogP contribution in [0.5, 0.6) is 0 Å². The lowest BCUT2D eigenvalue weighted by Gasteiger charge is -2.26. The Balaban J connectivity index is 2.14. The van der Waals surface area contributed by atoms with Crippen LogP contribution in [-0.4, -0.2) is 54.2 Å². The quantitative estimate of drug-likeness (QED) is 0.365. The molecule has 1 heterocycles. The molecule has 0 bridgehead atoms. The Bertz CT molecular complexity index is 251. The Morgan fingerprint density at radius 1 is 1.17 bits per heavy atom. The van der Waals surface area contributed by atoms with Crippen LogP contribution in [0.4, 0.5) is 0 Å². The van der Waals surface area contributed by atoms with Gasteiger partial charge in [-0.05, 0) is 25.7 Å². The molecule has 1 aliphatic rings. The molecule has 0 spiro atoms. The van der Waals surface area contributed by atoms with Crippen LogP contribution in [0.2, 0.25) is 19.6 Å². The molecule has 0 aromatic rings. The maximum Gasteiger partial charge on any atom is 0.184 e. The second kappa shape index (κ2) is 7.91. The molecule has 0 fully saturated rings. The van der Waals surface area contributed by atoms with Crippen molar-refractivity contribution in [1.29, 1.82) is 0 Å². The van der Waals surface area contributed by atoms with Gasteiger partial charge in [0.05, 0.1) is 26.1 Å². The van der Waals surface area contributed by atoms with Crippen molar-refractivity contribution in [2.45, 2.75) is 31.8 Å². The summed E-state index contributed by atoms with van der Waals surface area (Å²) in [6.45, 7) is 8.31. The van der Waals surface area contributed by atoms with Crippen molar-refractivity contribution >= 4 is 8.32 Å². The van der Waals surface area contributed by atoms with Crippen LogP contribution in [-0.2, 0) is 23.4 Å². The predicted octanol–water partition coefficient (Wildman–Crippen LogP) is 1.76. The summed E-state index contributed by atoms with van der Waals surface area (Å²) in [6, 6.07) is 0. The Hall–Kier alpha value is -0.403. The highest BCUT2D eigenvalue weighted by Crippen LogP contribution is 2.19. The summed E-state index contributed by atoms with van der Waals surface area (Å²) in [5, 5.41) is 0. The van der Waals surface area contributed by atoms with Crippen molar-refractivity contribution < 1.29 is 23.4 Å². The number of hydrogen-bond donors (Lipinski definition) is 0. The molecular formula is C12H24O5Si. The van der Waals surface area contributed by atoms with Crippen LogP contribution in [0.3, 0.4) is 0 Å². The van der Waals surface area contributed by atoms with E-state index in [1.54, 1.807) is 13.4 Å². The first-order valence-corrected chi connectivity index (χ1v) is 9.58. The van der Waals surface area contributed by atoms with Gasteiger partial charge in [-0.15, -0.1) is 0 Å². The molecule has 0 saturated carbocycles. The van der Waals surface area contributed by atoms with Crippen molar-refractivity contribution in [3.63, 3.8) is 0 Å². The standard InChI is InChI=1S/C12H24O5Si/c1-13-7-8-14-10-15-9-12-11(5-6-16-12)17-18(2,3)4/h5-6,11-12H,7-10H2,1-4H3/t11-,12+/m0/s1. The second-order valence-corrected chi connectivity index (χ2v) is 9.55. The lowest BCUT2D eigenvalue weighted by atomic mass is 10.2. The van der Waals surface area contributed by atoms with E-state index in [2.05, 4.69) is 19.6 Å². The van der Waals surface area contributed by atoms with Gasteiger partial charge in [-0.3, -0.25) is 0 Å². The SMILES string of the molecule is COCCOCOC[C@H]1OC=C[C@@H]1O[Si](C)(C)C. The van der Waals surface area contributed by atoms with E-state index < -0.39 is 8.32 Å². The van der Waals surface area contributed by atoms with Crippen molar-refractivity contribution in [3.8, 4) is 0 Å². The first-order chi connectivity index (χ1) is 8.53. The van der Waals surface area contributed by atoms with Crippen molar-refractivity contribution in [3.05, 3.63) is 12.3 Å². The fraction of sp³-hybridized carbons (Fsp3) is 0.833. The monoisotopic (exact) mass is 276 g/mol. The number of methoxy groups -OCH3 is 1. The molecule has 5 nitrogen and oxygen atoms in total. The highest BCUT2D eigenvalue weighted by atomic mass is 28.4. The number of ether oxygens (including phenoxy) is 4. The average molecular weight is 276 g/mol. The van der Waals surface area contributed by atoms with Gasteiger partial charge in [-0.1, -0.05) is 0 Å². The van der Waals surface area contributed by atoms with Gasteiger partial charge in [0.15, 0.2) is 8.32 Å². The Morgan fingerprint density at radius 3 is 2.61 bits per heavy atom. The van der Waals surface area contributed by atoms with E-state index in [4.69, 9.17) is 23.4 Å².